The molecule has 0 aliphatic heterocycles. The van der Waals surface area contributed by atoms with Crippen molar-refractivity contribution < 1.29 is 9.34 Å². The number of benzene rings is 1. The Balaban J connectivity index is 2.11. The summed E-state index contributed by atoms with van der Waals surface area (Å²) >= 11 is 0. The first-order chi connectivity index (χ1) is 9.06. The Labute approximate surface area is 110 Å². The van der Waals surface area contributed by atoms with Crippen molar-refractivity contribution in [2.24, 2.45) is 0 Å². The molecule has 0 atom stereocenters. The number of nitro groups is 1. The highest BCUT2D eigenvalue weighted by atomic mass is 16.6. The van der Waals surface area contributed by atoms with Crippen molar-refractivity contribution in [2.45, 2.75) is 26.4 Å². The summed E-state index contributed by atoms with van der Waals surface area (Å²) in [5, 5.41) is 13.8. The fourth-order valence-corrected chi connectivity index (χ4v) is 1.56. The number of oxazole rings is 1. The molecule has 2 rings (SSSR count). The van der Waals surface area contributed by atoms with Crippen LogP contribution < -0.4 is 5.32 Å². The van der Waals surface area contributed by atoms with Crippen molar-refractivity contribution in [2.75, 3.05) is 0 Å². The lowest BCUT2D eigenvalue weighted by atomic mass is 10.2. The van der Waals surface area contributed by atoms with Gasteiger partial charge in [0.15, 0.2) is 5.76 Å². The Bertz CT molecular complexity index is 561. The minimum atomic E-state index is -0.428. The van der Waals surface area contributed by atoms with Gasteiger partial charge in [-0.05, 0) is 12.1 Å². The van der Waals surface area contributed by atoms with E-state index >= 15 is 0 Å². The third kappa shape index (κ3) is 3.38. The molecule has 19 heavy (non-hydrogen) atoms. The number of nitro benzene ring substituents is 1. The highest BCUT2D eigenvalue weighted by Crippen LogP contribution is 2.23. The maximum absolute atomic E-state index is 10.6. The van der Waals surface area contributed by atoms with Crippen molar-refractivity contribution in [3.63, 3.8) is 0 Å². The number of non-ortho nitro benzene ring substituents is 1. The quantitative estimate of drug-likeness (QED) is 0.661. The average Bonchev–Trinajstić information content (AvgIpc) is 2.85. The van der Waals surface area contributed by atoms with Gasteiger partial charge in [0.1, 0.15) is 0 Å². The van der Waals surface area contributed by atoms with Gasteiger partial charge in [-0.3, -0.25) is 10.1 Å². The van der Waals surface area contributed by atoms with Crippen LogP contribution in [0.1, 0.15) is 19.7 Å². The minimum Gasteiger partial charge on any atom is -0.439 e. The van der Waals surface area contributed by atoms with Crippen LogP contribution >= 0.6 is 0 Å². The van der Waals surface area contributed by atoms with Crippen molar-refractivity contribution >= 4 is 5.69 Å². The van der Waals surface area contributed by atoms with Crippen LogP contribution in [0.15, 0.2) is 34.9 Å². The second-order valence-electron chi connectivity index (χ2n) is 4.46. The van der Waals surface area contributed by atoms with Gasteiger partial charge in [0.25, 0.3) is 5.69 Å². The van der Waals surface area contributed by atoms with Crippen LogP contribution in [0.25, 0.3) is 11.3 Å². The summed E-state index contributed by atoms with van der Waals surface area (Å²) < 4.78 is 5.58. The van der Waals surface area contributed by atoms with Gasteiger partial charge in [0.2, 0.25) is 5.89 Å². The van der Waals surface area contributed by atoms with Gasteiger partial charge in [-0.1, -0.05) is 13.8 Å². The molecule has 100 valence electrons. The summed E-state index contributed by atoms with van der Waals surface area (Å²) in [4.78, 5) is 14.3. The molecule has 6 heteroatoms. The molecule has 1 heterocycles. The molecule has 0 amide bonds. The first-order valence-electron chi connectivity index (χ1n) is 5.99. The molecule has 0 fully saturated rings. The van der Waals surface area contributed by atoms with E-state index in [1.54, 1.807) is 18.3 Å². The molecule has 6 nitrogen and oxygen atoms in total. The largest absolute Gasteiger partial charge is 0.439 e. The van der Waals surface area contributed by atoms with Gasteiger partial charge >= 0.3 is 0 Å². The average molecular weight is 261 g/mol. The Kier molecular flexibility index (Phi) is 3.91. The predicted octanol–water partition coefficient (Wildman–Crippen LogP) is 2.75. The molecule has 0 unspecified atom stereocenters. The van der Waals surface area contributed by atoms with Gasteiger partial charge in [0, 0.05) is 23.7 Å². The van der Waals surface area contributed by atoms with Crippen LogP contribution in [0.3, 0.4) is 0 Å². The molecule has 0 bridgehead atoms. The number of nitrogens with one attached hydrogen (secondary N) is 1. The van der Waals surface area contributed by atoms with Crippen molar-refractivity contribution in [1.82, 2.24) is 10.3 Å². The lowest BCUT2D eigenvalue weighted by Crippen LogP contribution is -2.21. The highest BCUT2D eigenvalue weighted by molar-refractivity contribution is 5.58. The third-order valence-electron chi connectivity index (χ3n) is 2.58. The van der Waals surface area contributed by atoms with Gasteiger partial charge in [0.05, 0.1) is 17.7 Å². The molecule has 1 aromatic heterocycles. The van der Waals surface area contributed by atoms with E-state index in [9.17, 15) is 10.1 Å². The van der Waals surface area contributed by atoms with E-state index < -0.39 is 4.92 Å². The second-order valence-corrected chi connectivity index (χ2v) is 4.46. The van der Waals surface area contributed by atoms with Crippen LogP contribution in [0.2, 0.25) is 0 Å². The number of hydrogen-bond donors (Lipinski definition) is 1. The zero-order valence-electron chi connectivity index (χ0n) is 10.8. The van der Waals surface area contributed by atoms with Gasteiger partial charge in [-0.15, -0.1) is 0 Å². The molecule has 0 saturated carbocycles. The van der Waals surface area contributed by atoms with Gasteiger partial charge in [-0.25, -0.2) is 4.98 Å². The lowest BCUT2D eigenvalue weighted by Gasteiger charge is -2.04. The van der Waals surface area contributed by atoms with Gasteiger partial charge < -0.3 is 9.73 Å². The Morgan fingerprint density at radius 1 is 1.37 bits per heavy atom. The van der Waals surface area contributed by atoms with E-state index in [4.69, 9.17) is 4.42 Å². The van der Waals surface area contributed by atoms with E-state index in [0.29, 0.717) is 24.2 Å². The maximum atomic E-state index is 10.6. The fraction of sp³-hybridized carbons (Fsp3) is 0.308. The van der Waals surface area contributed by atoms with E-state index in [-0.39, 0.29) is 5.69 Å². The number of hydrogen-bond acceptors (Lipinski definition) is 5. The molecule has 0 aliphatic carbocycles. The standard InChI is InChI=1S/C13H15N3O3/c1-9(2)14-8-13-15-7-12(19-13)10-3-5-11(6-4-10)16(17)18/h3-7,9,14H,8H2,1-2H3. The molecule has 1 aromatic carbocycles. The Morgan fingerprint density at radius 3 is 2.63 bits per heavy atom. The molecule has 0 saturated heterocycles. The molecular formula is C13H15N3O3. The summed E-state index contributed by atoms with van der Waals surface area (Å²) in [5.41, 5.74) is 0.832. The Morgan fingerprint density at radius 2 is 2.05 bits per heavy atom. The van der Waals surface area contributed by atoms with Crippen molar-refractivity contribution in [1.29, 1.82) is 0 Å². The monoisotopic (exact) mass is 261 g/mol. The van der Waals surface area contributed by atoms with E-state index in [2.05, 4.69) is 10.3 Å². The summed E-state index contributed by atoms with van der Waals surface area (Å²) in [6.07, 6.45) is 1.62. The Hall–Kier alpha value is -2.21. The van der Waals surface area contributed by atoms with Gasteiger partial charge in [-0.2, -0.15) is 0 Å². The van der Waals surface area contributed by atoms with Crippen LogP contribution in [0.4, 0.5) is 5.69 Å². The summed E-state index contributed by atoms with van der Waals surface area (Å²) in [6.45, 7) is 4.64. The van der Waals surface area contributed by atoms with Crippen LogP contribution in [-0.2, 0) is 6.54 Å². The van der Waals surface area contributed by atoms with Crippen LogP contribution in [0, 0.1) is 10.1 Å². The first kappa shape index (κ1) is 13.2. The highest BCUT2D eigenvalue weighted by Gasteiger charge is 2.09. The fourth-order valence-electron chi connectivity index (χ4n) is 1.56. The van der Waals surface area contributed by atoms with Crippen LogP contribution in [0.5, 0.6) is 0 Å². The zero-order valence-corrected chi connectivity index (χ0v) is 10.8. The molecular weight excluding hydrogens is 246 g/mol. The van der Waals surface area contributed by atoms with Crippen LogP contribution in [-0.4, -0.2) is 15.9 Å². The van der Waals surface area contributed by atoms with E-state index in [0.717, 1.165) is 5.56 Å². The normalized spacial score (nSPS) is 10.9. The SMILES string of the molecule is CC(C)NCc1ncc(-c2ccc([N+](=O)[O-])cc2)o1. The predicted molar refractivity (Wildman–Crippen MR) is 70.6 cm³/mol. The summed E-state index contributed by atoms with van der Waals surface area (Å²) in [7, 11) is 0. The summed E-state index contributed by atoms with van der Waals surface area (Å²) in [6, 6.07) is 6.56. The number of rotatable bonds is 5. The van der Waals surface area contributed by atoms with Crippen molar-refractivity contribution in [3.05, 3.63) is 46.5 Å². The van der Waals surface area contributed by atoms with E-state index in [1.165, 1.54) is 12.1 Å². The smallest absolute Gasteiger partial charge is 0.269 e. The summed E-state index contributed by atoms with van der Waals surface area (Å²) in [5.74, 6) is 1.21. The topological polar surface area (TPSA) is 81.2 Å². The second kappa shape index (κ2) is 5.62. The third-order valence-corrected chi connectivity index (χ3v) is 2.58. The first-order valence-corrected chi connectivity index (χ1v) is 5.99. The molecule has 1 N–H and O–H groups in total. The zero-order chi connectivity index (χ0) is 13.8. The maximum Gasteiger partial charge on any atom is 0.269 e. The minimum absolute atomic E-state index is 0.0602. The molecule has 0 spiro atoms. The molecule has 0 radical (unpaired) electrons. The number of aromatic nitrogens is 1. The van der Waals surface area contributed by atoms with Crippen molar-refractivity contribution in [3.8, 4) is 11.3 Å². The number of nitrogens with zero attached hydrogens (tertiary/aromatic N) is 2. The molecule has 2 aromatic rings. The van der Waals surface area contributed by atoms with E-state index in [1.807, 2.05) is 13.8 Å². The lowest BCUT2D eigenvalue weighted by molar-refractivity contribution is -0.384. The molecule has 0 aliphatic rings.